The molecule has 1 aromatic carbocycles. The van der Waals surface area contributed by atoms with Crippen LogP contribution in [0.5, 0.6) is 0 Å². The third-order valence-electron chi connectivity index (χ3n) is 5.04. The minimum Gasteiger partial charge on any atom is -0.478 e. The lowest BCUT2D eigenvalue weighted by Crippen LogP contribution is -2.26. The van der Waals surface area contributed by atoms with E-state index in [1.54, 1.807) is 35.0 Å². The van der Waals surface area contributed by atoms with Crippen molar-refractivity contribution in [2.45, 2.75) is 39.2 Å². The predicted molar refractivity (Wildman–Crippen MR) is 119 cm³/mol. The van der Waals surface area contributed by atoms with Gasteiger partial charge in [0.15, 0.2) is 0 Å². The molecule has 156 valence electrons. The normalized spacial score (nSPS) is 10.9. The molecule has 7 heteroatoms. The SMILES string of the molecule is CCc1ccnc(CCc2c(Cl)cc(Cl)c(=O)n2CCc2ccc(C(=O)O)cc2)c1. The molecule has 0 radical (unpaired) electrons. The highest BCUT2D eigenvalue weighted by atomic mass is 35.5. The minimum absolute atomic E-state index is 0.0797. The fourth-order valence-electron chi connectivity index (χ4n) is 3.31. The van der Waals surface area contributed by atoms with Gasteiger partial charge in [-0.25, -0.2) is 4.79 Å². The zero-order chi connectivity index (χ0) is 21.7. The number of hydrogen-bond donors (Lipinski definition) is 1. The summed E-state index contributed by atoms with van der Waals surface area (Å²) in [5, 5.41) is 9.55. The molecule has 2 aromatic heterocycles. The second kappa shape index (κ2) is 9.92. The molecule has 0 fully saturated rings. The van der Waals surface area contributed by atoms with Gasteiger partial charge in [-0.1, -0.05) is 42.3 Å². The van der Waals surface area contributed by atoms with Crippen LogP contribution in [0.2, 0.25) is 10.0 Å². The first-order valence-corrected chi connectivity index (χ1v) is 10.5. The second-order valence-electron chi connectivity index (χ2n) is 7.00. The maximum absolute atomic E-state index is 12.7. The van der Waals surface area contributed by atoms with Crippen LogP contribution < -0.4 is 5.56 Å². The Morgan fingerprint density at radius 1 is 1.00 bits per heavy atom. The first-order chi connectivity index (χ1) is 14.4. The molecular formula is C23H22Cl2N2O3. The lowest BCUT2D eigenvalue weighted by molar-refractivity contribution is 0.0697. The largest absolute Gasteiger partial charge is 0.478 e. The highest BCUT2D eigenvalue weighted by Gasteiger charge is 2.14. The van der Waals surface area contributed by atoms with E-state index in [-0.39, 0.29) is 16.1 Å². The minimum atomic E-state index is -0.970. The fraction of sp³-hybridized carbons (Fsp3) is 0.261. The Morgan fingerprint density at radius 3 is 2.40 bits per heavy atom. The number of hydrogen-bond acceptors (Lipinski definition) is 3. The van der Waals surface area contributed by atoms with Gasteiger partial charge in [0.25, 0.3) is 5.56 Å². The number of pyridine rings is 2. The lowest BCUT2D eigenvalue weighted by Gasteiger charge is -2.15. The average molecular weight is 445 g/mol. The standard InChI is InChI=1S/C23H22Cl2N2O3/c1-2-15-9-11-26-18(13-15)7-8-21-19(24)14-20(25)22(28)27(21)12-10-16-3-5-17(6-4-16)23(29)30/h3-6,9,11,13-14H,2,7-8,10,12H2,1H3,(H,29,30). The Morgan fingerprint density at radius 2 is 1.73 bits per heavy atom. The first kappa shape index (κ1) is 22.1. The van der Waals surface area contributed by atoms with Gasteiger partial charge in [-0.05, 0) is 67.1 Å². The number of carbonyl (C=O) groups is 1. The number of rotatable bonds is 8. The van der Waals surface area contributed by atoms with E-state index < -0.39 is 5.97 Å². The van der Waals surface area contributed by atoms with E-state index in [0.29, 0.717) is 30.8 Å². The molecule has 0 atom stereocenters. The van der Waals surface area contributed by atoms with Crippen molar-refractivity contribution in [2.75, 3.05) is 0 Å². The van der Waals surface area contributed by atoms with Crippen molar-refractivity contribution in [1.82, 2.24) is 9.55 Å². The van der Waals surface area contributed by atoms with E-state index in [1.165, 1.54) is 11.6 Å². The molecule has 0 aliphatic carbocycles. The highest BCUT2D eigenvalue weighted by Crippen LogP contribution is 2.21. The van der Waals surface area contributed by atoms with Crippen molar-refractivity contribution >= 4 is 29.2 Å². The highest BCUT2D eigenvalue weighted by molar-refractivity contribution is 6.34. The zero-order valence-electron chi connectivity index (χ0n) is 16.6. The lowest BCUT2D eigenvalue weighted by atomic mass is 10.1. The molecule has 0 aliphatic rings. The molecule has 0 saturated heterocycles. The van der Waals surface area contributed by atoms with Crippen LogP contribution in [0, 0.1) is 0 Å². The Kier molecular flexibility index (Phi) is 7.29. The summed E-state index contributed by atoms with van der Waals surface area (Å²) in [6, 6.07) is 12.2. The molecule has 3 rings (SSSR count). The monoisotopic (exact) mass is 444 g/mol. The fourth-order valence-corrected chi connectivity index (χ4v) is 3.89. The van der Waals surface area contributed by atoms with Gasteiger partial charge in [0.05, 0.1) is 10.6 Å². The summed E-state index contributed by atoms with van der Waals surface area (Å²) in [6.07, 6.45) is 4.49. The third-order valence-corrected chi connectivity index (χ3v) is 5.63. The predicted octanol–water partition coefficient (Wildman–Crippen LogP) is 4.84. The maximum Gasteiger partial charge on any atom is 0.335 e. The first-order valence-electron chi connectivity index (χ1n) is 9.72. The molecule has 0 aliphatic heterocycles. The average Bonchev–Trinajstić information content (AvgIpc) is 2.75. The molecule has 0 spiro atoms. The third kappa shape index (κ3) is 5.29. The molecule has 1 N–H and O–H groups in total. The number of aromatic carboxylic acids is 1. The Balaban J connectivity index is 1.82. The maximum atomic E-state index is 12.7. The van der Waals surface area contributed by atoms with Gasteiger partial charge in [0.2, 0.25) is 0 Å². The molecule has 0 saturated carbocycles. The van der Waals surface area contributed by atoms with Crippen molar-refractivity contribution in [3.8, 4) is 0 Å². The summed E-state index contributed by atoms with van der Waals surface area (Å²) in [7, 11) is 0. The van der Waals surface area contributed by atoms with Crippen molar-refractivity contribution in [2.24, 2.45) is 0 Å². The molecule has 0 bridgehead atoms. The van der Waals surface area contributed by atoms with E-state index in [2.05, 4.69) is 18.0 Å². The van der Waals surface area contributed by atoms with Gasteiger partial charge in [0.1, 0.15) is 5.02 Å². The Bertz CT molecular complexity index is 1110. The van der Waals surface area contributed by atoms with Crippen LogP contribution in [-0.2, 0) is 32.2 Å². The molecule has 0 unspecified atom stereocenters. The van der Waals surface area contributed by atoms with E-state index in [4.69, 9.17) is 28.3 Å². The van der Waals surface area contributed by atoms with Crippen molar-refractivity contribution in [3.63, 3.8) is 0 Å². The Labute approximate surface area is 184 Å². The van der Waals surface area contributed by atoms with E-state index in [9.17, 15) is 9.59 Å². The number of carboxylic acids is 1. The number of halogens is 2. The summed E-state index contributed by atoms with van der Waals surface area (Å²) in [5.74, 6) is -0.970. The van der Waals surface area contributed by atoms with Gasteiger partial charge in [-0.3, -0.25) is 9.78 Å². The van der Waals surface area contributed by atoms with Crippen molar-refractivity contribution < 1.29 is 9.90 Å². The van der Waals surface area contributed by atoms with Crippen LogP contribution in [0.3, 0.4) is 0 Å². The van der Waals surface area contributed by atoms with Crippen molar-refractivity contribution in [1.29, 1.82) is 0 Å². The summed E-state index contributed by atoms with van der Waals surface area (Å²) < 4.78 is 1.61. The van der Waals surface area contributed by atoms with Crippen LogP contribution in [0.25, 0.3) is 0 Å². The van der Waals surface area contributed by atoms with E-state index >= 15 is 0 Å². The van der Waals surface area contributed by atoms with Gasteiger partial charge in [-0.15, -0.1) is 0 Å². The van der Waals surface area contributed by atoms with Crippen molar-refractivity contribution in [3.05, 3.63) is 97.1 Å². The van der Waals surface area contributed by atoms with Crippen LogP contribution >= 0.6 is 23.2 Å². The number of carboxylic acid groups (broad SMARTS) is 1. The van der Waals surface area contributed by atoms with E-state index in [0.717, 1.165) is 23.4 Å². The summed E-state index contributed by atoms with van der Waals surface area (Å²) in [6.45, 7) is 2.49. The van der Waals surface area contributed by atoms with Gasteiger partial charge in [0, 0.05) is 24.1 Å². The van der Waals surface area contributed by atoms with Crippen LogP contribution in [0.15, 0.2) is 53.5 Å². The summed E-state index contributed by atoms with van der Waals surface area (Å²) in [5.41, 5.74) is 3.74. The smallest absolute Gasteiger partial charge is 0.335 e. The second-order valence-corrected chi connectivity index (χ2v) is 7.82. The Hall–Kier alpha value is -2.63. The van der Waals surface area contributed by atoms with Gasteiger partial charge in [-0.2, -0.15) is 0 Å². The molecule has 30 heavy (non-hydrogen) atoms. The molecule has 3 aromatic rings. The molecule has 0 amide bonds. The number of nitrogens with zero attached hydrogens (tertiary/aromatic N) is 2. The number of aromatic nitrogens is 2. The molecule has 5 nitrogen and oxygen atoms in total. The molecular weight excluding hydrogens is 423 g/mol. The van der Waals surface area contributed by atoms with E-state index in [1.807, 2.05) is 6.07 Å². The van der Waals surface area contributed by atoms with Gasteiger partial charge >= 0.3 is 5.97 Å². The van der Waals surface area contributed by atoms with Crippen LogP contribution in [-0.4, -0.2) is 20.6 Å². The number of benzene rings is 1. The number of aryl methyl sites for hydroxylation is 3. The quantitative estimate of drug-likeness (QED) is 0.539. The molecule has 2 heterocycles. The summed E-state index contributed by atoms with van der Waals surface area (Å²) in [4.78, 5) is 28.1. The van der Waals surface area contributed by atoms with Crippen LogP contribution in [0.4, 0.5) is 0 Å². The topological polar surface area (TPSA) is 72.2 Å². The van der Waals surface area contributed by atoms with Gasteiger partial charge < -0.3 is 9.67 Å². The zero-order valence-corrected chi connectivity index (χ0v) is 18.1. The summed E-state index contributed by atoms with van der Waals surface area (Å²) >= 11 is 12.5. The van der Waals surface area contributed by atoms with Crippen LogP contribution in [0.1, 0.15) is 39.8 Å².